The second-order valence-corrected chi connectivity index (χ2v) is 14.5. The molecule has 1 aliphatic rings. The zero-order chi connectivity index (χ0) is 42.4. The third-order valence-corrected chi connectivity index (χ3v) is 10.8. The van der Waals surface area contributed by atoms with E-state index in [-0.39, 0.29) is 11.6 Å². The Labute approximate surface area is 342 Å². The van der Waals surface area contributed by atoms with Crippen molar-refractivity contribution < 1.29 is 19.1 Å². The van der Waals surface area contributed by atoms with E-state index in [0.29, 0.717) is 35.7 Å². The molecule has 2 heterocycles. The molecule has 12 nitrogen and oxygen atoms in total. The van der Waals surface area contributed by atoms with Crippen LogP contribution in [-0.2, 0) is 25.3 Å². The number of fused-ring (bicyclic) bond motifs is 1. The van der Waals surface area contributed by atoms with Gasteiger partial charge in [0.1, 0.15) is 5.56 Å². The number of benzene rings is 2. The van der Waals surface area contributed by atoms with E-state index in [0.717, 1.165) is 64.2 Å². The first-order valence-corrected chi connectivity index (χ1v) is 20.2. The molecular formula is C44H61ClN6O6. The third kappa shape index (κ3) is 11.3. The van der Waals surface area contributed by atoms with Gasteiger partial charge in [-0.25, -0.2) is 14.6 Å². The summed E-state index contributed by atoms with van der Waals surface area (Å²) in [5.74, 6) is 1.18. The van der Waals surface area contributed by atoms with Crippen LogP contribution >= 0.6 is 11.6 Å². The normalized spacial score (nSPS) is 13.3. The minimum absolute atomic E-state index is 0.0128. The summed E-state index contributed by atoms with van der Waals surface area (Å²) in [6.45, 7) is 14.6. The van der Waals surface area contributed by atoms with Gasteiger partial charge in [-0.2, -0.15) is 0 Å². The van der Waals surface area contributed by atoms with E-state index in [2.05, 4.69) is 37.5 Å². The van der Waals surface area contributed by atoms with Crippen molar-refractivity contribution in [1.82, 2.24) is 24.3 Å². The molecule has 0 saturated heterocycles. The molecule has 3 amide bonds. The number of hydrogen-bond acceptors (Lipinski definition) is 7. The lowest BCUT2D eigenvalue weighted by atomic mass is 9.95. The topological polar surface area (TPSA) is 137 Å². The molecular weight excluding hydrogens is 744 g/mol. The van der Waals surface area contributed by atoms with Crippen molar-refractivity contribution in [3.63, 3.8) is 0 Å². The number of nitrogens with zero attached hydrogens (tertiary/aromatic N) is 4. The van der Waals surface area contributed by atoms with Crippen LogP contribution in [0, 0.1) is 12.8 Å². The van der Waals surface area contributed by atoms with Gasteiger partial charge in [-0.1, -0.05) is 83.0 Å². The molecule has 0 radical (unpaired) electrons. The number of urea groups is 1. The fourth-order valence-electron chi connectivity index (χ4n) is 6.79. The number of aryl methyl sites for hydroxylation is 2. The molecule has 57 heavy (non-hydrogen) atoms. The fourth-order valence-corrected chi connectivity index (χ4v) is 7.11. The van der Waals surface area contributed by atoms with E-state index in [1.165, 1.54) is 48.8 Å². The maximum Gasteiger partial charge on any atom is 0.330 e. The number of halogens is 1. The Kier molecular flexibility index (Phi) is 18.0. The summed E-state index contributed by atoms with van der Waals surface area (Å²) in [4.78, 5) is 55.8. The van der Waals surface area contributed by atoms with Crippen molar-refractivity contribution in [1.29, 1.82) is 0 Å². The molecule has 310 valence electrons. The lowest BCUT2D eigenvalue weighted by Crippen LogP contribution is -2.40. The van der Waals surface area contributed by atoms with E-state index in [4.69, 9.17) is 26.1 Å². The average Bonchev–Trinajstić information content (AvgIpc) is 3.60. The van der Waals surface area contributed by atoms with Crippen molar-refractivity contribution in [2.75, 3.05) is 46.3 Å². The predicted molar refractivity (Wildman–Crippen MR) is 231 cm³/mol. The SMILES string of the molecule is CC.CCC(C)CCCN(CCOC)C(=O)NC.COc1nc(-c2cccc(-c3cccc(NC(=O)c4cn(C)c(=O)n(C)c4=O)c3C)c2Cl)cc2c1C(C)CC2. The largest absolute Gasteiger partial charge is 0.481 e. The lowest BCUT2D eigenvalue weighted by molar-refractivity contribution is 0.102. The molecule has 2 aromatic carbocycles. The highest BCUT2D eigenvalue weighted by Crippen LogP contribution is 2.43. The van der Waals surface area contributed by atoms with Crippen molar-refractivity contribution in [3.8, 4) is 28.3 Å². The highest BCUT2D eigenvalue weighted by Gasteiger charge is 2.26. The van der Waals surface area contributed by atoms with Gasteiger partial charge in [-0.3, -0.25) is 14.2 Å². The van der Waals surface area contributed by atoms with Crippen molar-refractivity contribution in [2.24, 2.45) is 20.0 Å². The Hall–Kier alpha value is -4.94. The smallest absolute Gasteiger partial charge is 0.330 e. The van der Waals surface area contributed by atoms with Crippen LogP contribution in [0.15, 0.2) is 58.3 Å². The maximum atomic E-state index is 13.0. The zero-order valence-electron chi connectivity index (χ0n) is 35.5. The minimum Gasteiger partial charge on any atom is -0.481 e. The van der Waals surface area contributed by atoms with Crippen LogP contribution in [0.2, 0.25) is 5.02 Å². The first-order chi connectivity index (χ1) is 27.3. The Bertz CT molecular complexity index is 2110. The van der Waals surface area contributed by atoms with Crippen LogP contribution in [-0.4, -0.2) is 71.9 Å². The molecule has 2 unspecified atom stereocenters. The predicted octanol–water partition coefficient (Wildman–Crippen LogP) is 8.21. The summed E-state index contributed by atoms with van der Waals surface area (Å²) >= 11 is 7.00. The monoisotopic (exact) mass is 804 g/mol. The summed E-state index contributed by atoms with van der Waals surface area (Å²) < 4.78 is 12.7. The minimum atomic E-state index is -0.660. The van der Waals surface area contributed by atoms with E-state index >= 15 is 0 Å². The van der Waals surface area contributed by atoms with Crippen LogP contribution in [0.1, 0.15) is 93.3 Å². The van der Waals surface area contributed by atoms with Crippen LogP contribution < -0.4 is 26.6 Å². The van der Waals surface area contributed by atoms with Crippen molar-refractivity contribution in [3.05, 3.63) is 96.8 Å². The van der Waals surface area contributed by atoms with E-state index in [1.807, 2.05) is 56.0 Å². The molecule has 0 aliphatic heterocycles. The highest BCUT2D eigenvalue weighted by molar-refractivity contribution is 6.36. The summed E-state index contributed by atoms with van der Waals surface area (Å²) in [7, 11) is 7.79. The Morgan fingerprint density at radius 2 is 1.72 bits per heavy atom. The maximum absolute atomic E-state index is 13.0. The lowest BCUT2D eigenvalue weighted by Gasteiger charge is -2.22. The Morgan fingerprint density at radius 3 is 2.37 bits per heavy atom. The number of amides is 3. The molecule has 13 heteroatoms. The molecule has 2 aromatic heterocycles. The van der Waals surface area contributed by atoms with E-state index in [1.54, 1.807) is 27.3 Å². The first kappa shape index (κ1) is 46.4. The number of anilines is 1. The molecule has 0 spiro atoms. The van der Waals surface area contributed by atoms with Crippen molar-refractivity contribution in [2.45, 2.75) is 79.6 Å². The fraction of sp³-hybridized carbons (Fsp3) is 0.477. The van der Waals surface area contributed by atoms with Gasteiger partial charge in [0.2, 0.25) is 5.88 Å². The van der Waals surface area contributed by atoms with Gasteiger partial charge in [0.25, 0.3) is 11.5 Å². The molecule has 0 saturated carbocycles. The Morgan fingerprint density at radius 1 is 1.05 bits per heavy atom. The van der Waals surface area contributed by atoms with Crippen molar-refractivity contribution >= 4 is 29.2 Å². The van der Waals surface area contributed by atoms with E-state index < -0.39 is 17.2 Å². The summed E-state index contributed by atoms with van der Waals surface area (Å²) in [5, 5.41) is 6.02. The molecule has 5 rings (SSSR count). The van der Waals surface area contributed by atoms with E-state index in [9.17, 15) is 19.2 Å². The molecule has 2 N–H and O–H groups in total. The molecule has 1 aliphatic carbocycles. The van der Waals surface area contributed by atoms with Gasteiger partial charge in [0.05, 0.1) is 24.4 Å². The zero-order valence-corrected chi connectivity index (χ0v) is 36.3. The number of carbonyl (C=O) groups is 2. The van der Waals surface area contributed by atoms with Crippen LogP contribution in [0.25, 0.3) is 22.4 Å². The van der Waals surface area contributed by atoms with Gasteiger partial charge in [0.15, 0.2) is 0 Å². The highest BCUT2D eigenvalue weighted by atomic mass is 35.5. The number of nitrogens with one attached hydrogen (secondary N) is 2. The molecule has 0 fully saturated rings. The summed E-state index contributed by atoms with van der Waals surface area (Å²) in [5.41, 5.74) is 5.57. The van der Waals surface area contributed by atoms with Gasteiger partial charge in [0, 0.05) is 69.9 Å². The van der Waals surface area contributed by atoms with Gasteiger partial charge in [-0.05, 0) is 73.3 Å². The third-order valence-electron chi connectivity index (χ3n) is 10.4. The summed E-state index contributed by atoms with van der Waals surface area (Å²) in [6.07, 6.45) is 6.73. The second-order valence-electron chi connectivity index (χ2n) is 14.1. The average molecular weight is 805 g/mol. The number of pyridine rings is 1. The molecule has 2 atom stereocenters. The van der Waals surface area contributed by atoms with Gasteiger partial charge < -0.3 is 29.6 Å². The van der Waals surface area contributed by atoms with Gasteiger partial charge >= 0.3 is 11.7 Å². The second kappa shape index (κ2) is 22.1. The van der Waals surface area contributed by atoms with Crippen LogP contribution in [0.4, 0.5) is 10.5 Å². The number of aromatic nitrogens is 3. The number of rotatable bonds is 13. The van der Waals surface area contributed by atoms with Crippen LogP contribution in [0.5, 0.6) is 5.88 Å². The summed E-state index contributed by atoms with van der Waals surface area (Å²) in [6, 6.07) is 13.4. The van der Waals surface area contributed by atoms with Crippen LogP contribution in [0.3, 0.4) is 0 Å². The number of carbonyl (C=O) groups excluding carboxylic acids is 2. The number of ether oxygens (including phenoxy) is 2. The molecule has 0 bridgehead atoms. The number of methoxy groups -OCH3 is 2. The standard InChI is InChI=1S/C30H29ClN4O4.C12H26N2O2.C2H6/c1-16-12-13-18-14-24(33-28(39-5)25(16)18)21-10-6-9-20(26(21)31)19-8-7-11-23(17(19)2)32-27(36)22-15-34(3)30(38)35(4)29(22)37;1-5-11(2)7-6-8-14(9-10-16-4)12(15)13-3;1-2/h6-11,14-16H,12-13H2,1-5H3,(H,32,36);11H,5-10H2,1-4H3,(H,13,15);1-2H3. The Balaban J connectivity index is 0.000000409. The first-order valence-electron chi connectivity index (χ1n) is 19.8. The number of hydrogen-bond donors (Lipinski definition) is 2. The van der Waals surface area contributed by atoms with Gasteiger partial charge in [-0.15, -0.1) is 0 Å². The quantitative estimate of drug-likeness (QED) is 0.139. The molecule has 4 aromatic rings.